The lowest BCUT2D eigenvalue weighted by atomic mass is 9.86. The third-order valence-electron chi connectivity index (χ3n) is 6.42. The lowest BCUT2D eigenvalue weighted by Gasteiger charge is -2.40. The summed E-state index contributed by atoms with van der Waals surface area (Å²) in [5.41, 5.74) is 1.06. The predicted molar refractivity (Wildman–Crippen MR) is 117 cm³/mol. The molecule has 7 heteroatoms. The van der Waals surface area contributed by atoms with Crippen molar-refractivity contribution in [3.8, 4) is 5.75 Å². The van der Waals surface area contributed by atoms with Crippen molar-refractivity contribution in [1.82, 2.24) is 15.5 Å². The van der Waals surface area contributed by atoms with E-state index in [-0.39, 0.29) is 30.2 Å². The molecule has 1 aromatic rings. The number of carbonyl (C=O) groups is 1. The maximum Gasteiger partial charge on any atom is 0.243 e. The molecule has 2 heterocycles. The van der Waals surface area contributed by atoms with E-state index in [0.717, 1.165) is 50.0 Å². The molecule has 3 aliphatic rings. The highest BCUT2D eigenvalue weighted by Crippen LogP contribution is 2.46. The highest BCUT2D eigenvalue weighted by Gasteiger charge is 2.43. The van der Waals surface area contributed by atoms with E-state index in [1.807, 2.05) is 6.07 Å². The number of guanidine groups is 1. The summed E-state index contributed by atoms with van der Waals surface area (Å²) in [4.78, 5) is 18.3. The standard InChI is InChI=1S/C23H34N4O3/c1-27(2)21(28)16-25-22(24-15-17-8-7-13-29-17)26-19-14-23(11-5-6-12-23)30-20-10-4-3-9-18(19)20/h3-4,9-10,17,19H,5-8,11-16H2,1-2H3,(H2,24,25,26). The van der Waals surface area contributed by atoms with Crippen LogP contribution in [0.2, 0.25) is 0 Å². The molecule has 30 heavy (non-hydrogen) atoms. The molecule has 2 unspecified atom stereocenters. The highest BCUT2D eigenvalue weighted by atomic mass is 16.5. The Morgan fingerprint density at radius 3 is 2.77 bits per heavy atom. The maximum absolute atomic E-state index is 12.1. The molecule has 1 spiro atoms. The van der Waals surface area contributed by atoms with Crippen LogP contribution in [0.1, 0.15) is 56.6 Å². The average Bonchev–Trinajstić information content (AvgIpc) is 3.42. The van der Waals surface area contributed by atoms with Crippen molar-refractivity contribution in [3.05, 3.63) is 29.8 Å². The molecule has 0 radical (unpaired) electrons. The van der Waals surface area contributed by atoms with Gasteiger partial charge in [0.2, 0.25) is 5.91 Å². The molecule has 7 nitrogen and oxygen atoms in total. The number of nitrogens with one attached hydrogen (secondary N) is 2. The second kappa shape index (κ2) is 9.25. The van der Waals surface area contributed by atoms with Crippen molar-refractivity contribution in [2.75, 3.05) is 33.8 Å². The van der Waals surface area contributed by atoms with Crippen molar-refractivity contribution in [1.29, 1.82) is 0 Å². The molecule has 164 valence electrons. The molecular formula is C23H34N4O3. The van der Waals surface area contributed by atoms with Crippen LogP contribution in [0.4, 0.5) is 0 Å². The van der Waals surface area contributed by atoms with Crippen LogP contribution < -0.4 is 15.4 Å². The first-order valence-corrected chi connectivity index (χ1v) is 11.2. The minimum absolute atomic E-state index is 0.0205. The fourth-order valence-electron chi connectivity index (χ4n) is 4.69. The zero-order valence-corrected chi connectivity index (χ0v) is 18.2. The lowest BCUT2D eigenvalue weighted by Crippen LogP contribution is -2.48. The topological polar surface area (TPSA) is 75.2 Å². The molecule has 2 aliphatic heterocycles. The molecule has 1 amide bonds. The van der Waals surface area contributed by atoms with E-state index >= 15 is 0 Å². The summed E-state index contributed by atoms with van der Waals surface area (Å²) in [5, 5.41) is 7.03. The number of amides is 1. The second-order valence-corrected chi connectivity index (χ2v) is 8.90. The number of hydrogen-bond acceptors (Lipinski definition) is 4. The number of fused-ring (bicyclic) bond motifs is 1. The predicted octanol–water partition coefficient (Wildman–Crippen LogP) is 2.63. The van der Waals surface area contributed by atoms with E-state index in [2.05, 4.69) is 33.8 Å². The molecular weight excluding hydrogens is 380 g/mol. The number of ether oxygens (including phenoxy) is 2. The van der Waals surface area contributed by atoms with Crippen LogP contribution in [-0.2, 0) is 9.53 Å². The molecule has 2 fully saturated rings. The minimum atomic E-state index is -0.0921. The van der Waals surface area contributed by atoms with Gasteiger partial charge in [-0.05, 0) is 44.6 Å². The summed E-state index contributed by atoms with van der Waals surface area (Å²) < 4.78 is 12.2. The Labute approximate surface area is 179 Å². The molecule has 2 N–H and O–H groups in total. The van der Waals surface area contributed by atoms with Gasteiger partial charge in [-0.25, -0.2) is 4.99 Å². The summed E-state index contributed by atoms with van der Waals surface area (Å²) in [5.74, 6) is 1.61. The van der Waals surface area contributed by atoms with Gasteiger partial charge in [-0.3, -0.25) is 4.79 Å². The second-order valence-electron chi connectivity index (χ2n) is 8.90. The first kappa shape index (κ1) is 21.0. The van der Waals surface area contributed by atoms with Crippen LogP contribution in [0.5, 0.6) is 5.75 Å². The van der Waals surface area contributed by atoms with Crippen molar-refractivity contribution in [2.24, 2.45) is 4.99 Å². The Morgan fingerprint density at radius 2 is 2.03 bits per heavy atom. The monoisotopic (exact) mass is 414 g/mol. The number of carbonyl (C=O) groups excluding carboxylic acids is 1. The van der Waals surface area contributed by atoms with Crippen LogP contribution in [0, 0.1) is 0 Å². The molecule has 4 rings (SSSR count). The molecule has 1 aliphatic carbocycles. The Bertz CT molecular complexity index is 767. The molecule has 0 bridgehead atoms. The van der Waals surface area contributed by atoms with Crippen LogP contribution >= 0.6 is 0 Å². The average molecular weight is 415 g/mol. The van der Waals surface area contributed by atoms with Gasteiger partial charge in [0.05, 0.1) is 12.1 Å². The summed E-state index contributed by atoms with van der Waals surface area (Å²) in [6.07, 6.45) is 7.87. The van der Waals surface area contributed by atoms with Crippen molar-refractivity contribution >= 4 is 11.9 Å². The minimum Gasteiger partial charge on any atom is -0.487 e. The van der Waals surface area contributed by atoms with E-state index in [9.17, 15) is 4.79 Å². The zero-order valence-electron chi connectivity index (χ0n) is 18.2. The van der Waals surface area contributed by atoms with Gasteiger partial charge in [0.25, 0.3) is 0 Å². The van der Waals surface area contributed by atoms with Gasteiger partial charge in [-0.2, -0.15) is 0 Å². The fourth-order valence-corrected chi connectivity index (χ4v) is 4.69. The lowest BCUT2D eigenvalue weighted by molar-refractivity contribution is -0.127. The maximum atomic E-state index is 12.1. The van der Waals surface area contributed by atoms with Gasteiger partial charge in [0, 0.05) is 39.2 Å². The van der Waals surface area contributed by atoms with Gasteiger partial charge in [0.15, 0.2) is 5.96 Å². The Balaban J connectivity index is 1.52. The number of rotatable bonds is 5. The van der Waals surface area contributed by atoms with Crippen LogP contribution in [-0.4, -0.2) is 62.3 Å². The zero-order chi connectivity index (χ0) is 21.0. The van der Waals surface area contributed by atoms with Crippen LogP contribution in [0.3, 0.4) is 0 Å². The van der Waals surface area contributed by atoms with Gasteiger partial charge in [0.1, 0.15) is 17.9 Å². The van der Waals surface area contributed by atoms with Crippen molar-refractivity contribution in [3.63, 3.8) is 0 Å². The first-order chi connectivity index (χ1) is 14.5. The summed E-state index contributed by atoms with van der Waals surface area (Å²) >= 11 is 0. The highest BCUT2D eigenvalue weighted by molar-refractivity contribution is 5.85. The smallest absolute Gasteiger partial charge is 0.243 e. The van der Waals surface area contributed by atoms with E-state index in [0.29, 0.717) is 12.5 Å². The first-order valence-electron chi connectivity index (χ1n) is 11.2. The van der Waals surface area contributed by atoms with E-state index in [1.54, 1.807) is 19.0 Å². The van der Waals surface area contributed by atoms with Crippen molar-refractivity contribution in [2.45, 2.75) is 62.7 Å². The largest absolute Gasteiger partial charge is 0.487 e. The van der Waals surface area contributed by atoms with Crippen molar-refractivity contribution < 1.29 is 14.3 Å². The molecule has 1 saturated heterocycles. The normalized spacial score (nSPS) is 24.9. The summed E-state index contributed by atoms with van der Waals surface area (Å²) in [6, 6.07) is 8.37. The SMILES string of the molecule is CN(C)C(=O)CN=C(NCC1CCCO1)NC1CC2(CCCC2)Oc2ccccc21. The van der Waals surface area contributed by atoms with Gasteiger partial charge in [-0.1, -0.05) is 18.2 Å². The van der Waals surface area contributed by atoms with E-state index in [4.69, 9.17) is 9.47 Å². The van der Waals surface area contributed by atoms with Crippen LogP contribution in [0.15, 0.2) is 29.3 Å². The third kappa shape index (κ3) is 4.89. The number of benzene rings is 1. The van der Waals surface area contributed by atoms with E-state index in [1.165, 1.54) is 12.8 Å². The third-order valence-corrected chi connectivity index (χ3v) is 6.42. The Morgan fingerprint density at radius 1 is 1.23 bits per heavy atom. The fraction of sp³-hybridized carbons (Fsp3) is 0.652. The number of aliphatic imine (C=N–C) groups is 1. The molecule has 2 atom stereocenters. The van der Waals surface area contributed by atoms with E-state index < -0.39 is 0 Å². The Kier molecular flexibility index (Phi) is 6.46. The summed E-state index contributed by atoms with van der Waals surface area (Å²) in [6.45, 7) is 1.63. The van der Waals surface area contributed by atoms with Crippen LogP contribution in [0.25, 0.3) is 0 Å². The quantitative estimate of drug-likeness (QED) is 0.572. The van der Waals surface area contributed by atoms with Gasteiger partial charge in [-0.15, -0.1) is 0 Å². The summed E-state index contributed by atoms with van der Waals surface area (Å²) in [7, 11) is 3.51. The van der Waals surface area contributed by atoms with Gasteiger partial charge >= 0.3 is 0 Å². The number of nitrogens with zero attached hydrogens (tertiary/aromatic N) is 2. The van der Waals surface area contributed by atoms with Gasteiger partial charge < -0.3 is 25.0 Å². The molecule has 0 aromatic heterocycles. The number of hydrogen-bond donors (Lipinski definition) is 2. The number of para-hydroxylation sites is 1. The molecule has 1 saturated carbocycles. The number of likely N-dealkylation sites (N-methyl/N-ethyl adjacent to an activating group) is 1. The Hall–Kier alpha value is -2.28. The molecule has 1 aromatic carbocycles.